The van der Waals surface area contributed by atoms with Gasteiger partial charge in [0.15, 0.2) is 0 Å². The Hall–Kier alpha value is -2.27. The van der Waals surface area contributed by atoms with E-state index in [0.29, 0.717) is 16.9 Å². The first kappa shape index (κ1) is 12.7. The molecule has 102 valence electrons. The first-order chi connectivity index (χ1) is 9.43. The second kappa shape index (κ2) is 4.38. The highest BCUT2D eigenvalue weighted by Crippen LogP contribution is 2.25. The molecule has 0 saturated heterocycles. The summed E-state index contributed by atoms with van der Waals surface area (Å²) in [6, 6.07) is 4.83. The highest BCUT2D eigenvalue weighted by Gasteiger charge is 2.17. The SMILES string of the molecule is CC(C)(O)c1cncc(-c2cn3cc(F)ccc3n2)c1. The molecule has 3 aromatic rings. The Morgan fingerprint density at radius 1 is 1.20 bits per heavy atom. The van der Waals surface area contributed by atoms with E-state index in [0.717, 1.165) is 5.56 Å². The molecule has 3 heterocycles. The standard InChI is InChI=1S/C15H14FN3O/c1-15(2,20)11-5-10(6-17-7-11)13-9-19-8-12(16)3-4-14(19)18-13/h3-9,20H,1-2H3. The first-order valence-electron chi connectivity index (χ1n) is 6.26. The van der Waals surface area contributed by atoms with Gasteiger partial charge in [0, 0.05) is 35.9 Å². The third kappa shape index (κ3) is 2.28. The van der Waals surface area contributed by atoms with Crippen molar-refractivity contribution in [2.24, 2.45) is 0 Å². The first-order valence-corrected chi connectivity index (χ1v) is 6.26. The molecule has 5 heteroatoms. The lowest BCUT2D eigenvalue weighted by atomic mass is 9.98. The van der Waals surface area contributed by atoms with Crippen LogP contribution in [0, 0.1) is 5.82 Å². The Kier molecular flexibility index (Phi) is 2.79. The Bertz CT molecular complexity index is 774. The van der Waals surface area contributed by atoms with E-state index in [2.05, 4.69) is 9.97 Å². The van der Waals surface area contributed by atoms with Crippen LogP contribution < -0.4 is 0 Å². The molecule has 0 aromatic carbocycles. The van der Waals surface area contributed by atoms with Crippen molar-refractivity contribution in [2.75, 3.05) is 0 Å². The second-order valence-electron chi connectivity index (χ2n) is 5.26. The van der Waals surface area contributed by atoms with Crippen molar-refractivity contribution in [1.29, 1.82) is 0 Å². The minimum Gasteiger partial charge on any atom is -0.386 e. The van der Waals surface area contributed by atoms with Gasteiger partial charge in [-0.15, -0.1) is 0 Å². The zero-order chi connectivity index (χ0) is 14.3. The molecule has 0 aliphatic heterocycles. The van der Waals surface area contributed by atoms with Crippen LogP contribution in [0.2, 0.25) is 0 Å². The average molecular weight is 271 g/mol. The molecule has 0 radical (unpaired) electrons. The van der Waals surface area contributed by atoms with E-state index >= 15 is 0 Å². The number of rotatable bonds is 2. The van der Waals surface area contributed by atoms with Gasteiger partial charge >= 0.3 is 0 Å². The Morgan fingerprint density at radius 2 is 2.00 bits per heavy atom. The van der Waals surface area contributed by atoms with E-state index in [-0.39, 0.29) is 5.82 Å². The molecule has 3 rings (SSSR count). The average Bonchev–Trinajstić information content (AvgIpc) is 2.81. The van der Waals surface area contributed by atoms with Gasteiger partial charge in [-0.25, -0.2) is 9.37 Å². The van der Waals surface area contributed by atoms with Crippen LogP contribution in [-0.4, -0.2) is 19.5 Å². The third-order valence-corrected chi connectivity index (χ3v) is 3.16. The predicted molar refractivity (Wildman–Crippen MR) is 73.6 cm³/mol. The van der Waals surface area contributed by atoms with Crippen molar-refractivity contribution >= 4 is 5.65 Å². The number of hydrogen-bond acceptors (Lipinski definition) is 3. The lowest BCUT2D eigenvalue weighted by Gasteiger charge is -2.17. The summed E-state index contributed by atoms with van der Waals surface area (Å²) in [6.07, 6.45) is 6.41. The summed E-state index contributed by atoms with van der Waals surface area (Å²) in [5.41, 5.74) is 1.88. The molecule has 0 unspecified atom stereocenters. The fourth-order valence-corrected chi connectivity index (χ4v) is 2.02. The van der Waals surface area contributed by atoms with Crippen molar-refractivity contribution in [2.45, 2.75) is 19.4 Å². The molecule has 0 bridgehead atoms. The number of halogens is 1. The van der Waals surface area contributed by atoms with Crippen molar-refractivity contribution in [3.05, 3.63) is 54.4 Å². The highest BCUT2D eigenvalue weighted by molar-refractivity contribution is 5.62. The van der Waals surface area contributed by atoms with E-state index in [1.165, 1.54) is 12.3 Å². The van der Waals surface area contributed by atoms with E-state index < -0.39 is 5.60 Å². The van der Waals surface area contributed by atoms with Crippen molar-refractivity contribution in [1.82, 2.24) is 14.4 Å². The minimum atomic E-state index is -0.964. The Labute approximate surface area is 115 Å². The van der Waals surface area contributed by atoms with Crippen LogP contribution in [0.25, 0.3) is 16.9 Å². The van der Waals surface area contributed by atoms with Crippen LogP contribution in [0.1, 0.15) is 19.4 Å². The molecule has 0 aliphatic rings. The minimum absolute atomic E-state index is 0.315. The van der Waals surface area contributed by atoms with Gasteiger partial charge in [0.05, 0.1) is 11.3 Å². The summed E-state index contributed by atoms with van der Waals surface area (Å²) in [7, 11) is 0. The summed E-state index contributed by atoms with van der Waals surface area (Å²) in [5.74, 6) is -0.315. The molecule has 3 aromatic heterocycles. The van der Waals surface area contributed by atoms with Gasteiger partial charge in [0.1, 0.15) is 11.5 Å². The topological polar surface area (TPSA) is 50.4 Å². The molecule has 0 spiro atoms. The van der Waals surface area contributed by atoms with E-state index in [9.17, 15) is 9.50 Å². The summed E-state index contributed by atoms with van der Waals surface area (Å²) in [4.78, 5) is 8.55. The van der Waals surface area contributed by atoms with Crippen molar-refractivity contribution < 1.29 is 9.50 Å². The van der Waals surface area contributed by atoms with Crippen LogP contribution in [0.15, 0.2) is 43.0 Å². The Morgan fingerprint density at radius 3 is 2.75 bits per heavy atom. The van der Waals surface area contributed by atoms with Crippen molar-refractivity contribution in [3.8, 4) is 11.3 Å². The van der Waals surface area contributed by atoms with E-state index in [4.69, 9.17) is 0 Å². The number of nitrogens with zero attached hydrogens (tertiary/aromatic N) is 3. The fraction of sp³-hybridized carbons (Fsp3) is 0.200. The maximum atomic E-state index is 13.2. The normalized spacial score (nSPS) is 12.0. The lowest BCUT2D eigenvalue weighted by molar-refractivity contribution is 0.0783. The van der Waals surface area contributed by atoms with Gasteiger partial charge in [-0.05, 0) is 32.0 Å². The van der Waals surface area contributed by atoms with Crippen LogP contribution >= 0.6 is 0 Å². The maximum Gasteiger partial charge on any atom is 0.139 e. The van der Waals surface area contributed by atoms with E-state index in [1.807, 2.05) is 6.07 Å². The lowest BCUT2D eigenvalue weighted by Crippen LogP contribution is -2.15. The number of aliphatic hydroxyl groups is 1. The predicted octanol–water partition coefficient (Wildman–Crippen LogP) is 2.76. The quantitative estimate of drug-likeness (QED) is 0.779. The number of fused-ring (bicyclic) bond motifs is 1. The number of pyridine rings is 2. The van der Waals surface area contributed by atoms with Crippen LogP contribution in [-0.2, 0) is 5.60 Å². The number of imidazole rings is 1. The third-order valence-electron chi connectivity index (χ3n) is 3.16. The smallest absolute Gasteiger partial charge is 0.139 e. The molecular formula is C15H14FN3O. The summed E-state index contributed by atoms with van der Waals surface area (Å²) >= 11 is 0. The molecule has 0 saturated carbocycles. The molecule has 1 N–H and O–H groups in total. The number of aromatic nitrogens is 3. The molecular weight excluding hydrogens is 257 g/mol. The monoisotopic (exact) mass is 271 g/mol. The van der Waals surface area contributed by atoms with Crippen LogP contribution in [0.3, 0.4) is 0 Å². The summed E-state index contributed by atoms with van der Waals surface area (Å²) in [6.45, 7) is 3.40. The molecule has 0 atom stereocenters. The Balaban J connectivity index is 2.11. The molecule has 4 nitrogen and oxygen atoms in total. The van der Waals surface area contributed by atoms with Crippen LogP contribution in [0.4, 0.5) is 4.39 Å². The molecule has 0 aliphatic carbocycles. The van der Waals surface area contributed by atoms with Gasteiger partial charge in [-0.2, -0.15) is 0 Å². The maximum absolute atomic E-state index is 13.2. The van der Waals surface area contributed by atoms with Gasteiger partial charge < -0.3 is 9.51 Å². The number of hydrogen-bond donors (Lipinski definition) is 1. The van der Waals surface area contributed by atoms with Gasteiger partial charge in [0.25, 0.3) is 0 Å². The van der Waals surface area contributed by atoms with E-state index in [1.54, 1.807) is 42.9 Å². The van der Waals surface area contributed by atoms with Crippen molar-refractivity contribution in [3.63, 3.8) is 0 Å². The molecule has 0 fully saturated rings. The summed E-state index contributed by atoms with van der Waals surface area (Å²) < 4.78 is 14.8. The fourth-order valence-electron chi connectivity index (χ4n) is 2.02. The van der Waals surface area contributed by atoms with Crippen LogP contribution in [0.5, 0.6) is 0 Å². The van der Waals surface area contributed by atoms with Gasteiger partial charge in [-0.1, -0.05) is 0 Å². The zero-order valence-corrected chi connectivity index (χ0v) is 11.2. The molecule has 20 heavy (non-hydrogen) atoms. The zero-order valence-electron chi connectivity index (χ0n) is 11.2. The van der Waals surface area contributed by atoms with Gasteiger partial charge in [-0.3, -0.25) is 4.98 Å². The van der Waals surface area contributed by atoms with Gasteiger partial charge in [0.2, 0.25) is 0 Å². The second-order valence-corrected chi connectivity index (χ2v) is 5.26. The highest BCUT2D eigenvalue weighted by atomic mass is 19.1. The largest absolute Gasteiger partial charge is 0.386 e. The molecule has 0 amide bonds. The summed E-state index contributed by atoms with van der Waals surface area (Å²) in [5, 5.41) is 10.0.